The summed E-state index contributed by atoms with van der Waals surface area (Å²) in [5.74, 6) is 0.0472. The molecule has 0 spiro atoms. The van der Waals surface area contributed by atoms with E-state index < -0.39 is 0 Å². The van der Waals surface area contributed by atoms with E-state index in [1.54, 1.807) is 19.0 Å². The Hall–Kier alpha value is -3.02. The van der Waals surface area contributed by atoms with Gasteiger partial charge >= 0.3 is 6.03 Å². The van der Waals surface area contributed by atoms with Gasteiger partial charge in [-0.3, -0.25) is 4.79 Å². The lowest BCUT2D eigenvalue weighted by Gasteiger charge is -2.11. The number of carbonyl (C=O) groups excluding carboxylic acids is 2. The number of carbonyl (C=O) groups is 2. The highest BCUT2D eigenvalue weighted by Gasteiger charge is 2.24. The lowest BCUT2D eigenvalue weighted by Crippen LogP contribution is -2.28. The van der Waals surface area contributed by atoms with Crippen molar-refractivity contribution in [3.63, 3.8) is 0 Å². The van der Waals surface area contributed by atoms with Crippen LogP contribution in [0.2, 0.25) is 0 Å². The standard InChI is InChI=1S/C18H20N4O2/c1-19-15-5-3-4-6-16(15)21-18(24)20-10-12-7-8-14-13(9-12)11-22(2)17(14)23/h3-9,19H,10-11H2,1-2H3,(H2,20,21,24). The first-order chi connectivity index (χ1) is 11.6. The largest absolute Gasteiger partial charge is 0.386 e. The predicted octanol–water partition coefficient (Wildman–Crippen LogP) is 2.64. The third-order valence-corrected chi connectivity index (χ3v) is 4.05. The second kappa shape index (κ2) is 6.62. The summed E-state index contributed by atoms with van der Waals surface area (Å²) < 4.78 is 0. The van der Waals surface area contributed by atoms with Crippen LogP contribution in [0.1, 0.15) is 21.5 Å². The molecule has 0 atom stereocenters. The van der Waals surface area contributed by atoms with Crippen LogP contribution in [0, 0.1) is 0 Å². The molecule has 3 N–H and O–H groups in total. The molecule has 0 saturated heterocycles. The minimum atomic E-state index is -0.272. The molecule has 1 aliphatic rings. The van der Waals surface area contributed by atoms with Crippen molar-refractivity contribution in [1.82, 2.24) is 10.2 Å². The first-order valence-corrected chi connectivity index (χ1v) is 7.77. The van der Waals surface area contributed by atoms with Crippen LogP contribution in [0.3, 0.4) is 0 Å². The van der Waals surface area contributed by atoms with E-state index in [-0.39, 0.29) is 11.9 Å². The van der Waals surface area contributed by atoms with E-state index in [2.05, 4.69) is 16.0 Å². The van der Waals surface area contributed by atoms with Crippen molar-refractivity contribution in [2.75, 3.05) is 24.7 Å². The number of nitrogens with one attached hydrogen (secondary N) is 3. The molecule has 6 heteroatoms. The van der Waals surface area contributed by atoms with Gasteiger partial charge in [0.25, 0.3) is 5.91 Å². The van der Waals surface area contributed by atoms with Gasteiger partial charge in [-0.1, -0.05) is 24.3 Å². The molecule has 2 aromatic carbocycles. The van der Waals surface area contributed by atoms with Crippen molar-refractivity contribution in [3.05, 3.63) is 59.2 Å². The average molecular weight is 324 g/mol. The maximum atomic E-state index is 12.1. The Kier molecular flexibility index (Phi) is 4.37. The van der Waals surface area contributed by atoms with Crippen LogP contribution in [0.5, 0.6) is 0 Å². The van der Waals surface area contributed by atoms with Crippen LogP contribution in [-0.2, 0) is 13.1 Å². The van der Waals surface area contributed by atoms with Gasteiger partial charge in [-0.15, -0.1) is 0 Å². The summed E-state index contributed by atoms with van der Waals surface area (Å²) in [5.41, 5.74) is 4.29. The van der Waals surface area contributed by atoms with Crippen LogP contribution in [0.25, 0.3) is 0 Å². The van der Waals surface area contributed by atoms with Gasteiger partial charge in [-0.2, -0.15) is 0 Å². The topological polar surface area (TPSA) is 73.5 Å². The summed E-state index contributed by atoms with van der Waals surface area (Å²) >= 11 is 0. The van der Waals surface area contributed by atoms with Gasteiger partial charge in [0.2, 0.25) is 0 Å². The zero-order valence-electron chi connectivity index (χ0n) is 13.7. The van der Waals surface area contributed by atoms with Gasteiger partial charge in [0.1, 0.15) is 0 Å². The number of rotatable bonds is 4. The van der Waals surface area contributed by atoms with E-state index in [1.807, 2.05) is 42.5 Å². The number of para-hydroxylation sites is 2. The Bertz CT molecular complexity index is 788. The third kappa shape index (κ3) is 3.17. The number of benzene rings is 2. The molecule has 0 radical (unpaired) electrons. The molecule has 0 bridgehead atoms. The fourth-order valence-corrected chi connectivity index (χ4v) is 2.79. The summed E-state index contributed by atoms with van der Waals surface area (Å²) in [6.45, 7) is 1.02. The van der Waals surface area contributed by atoms with Crippen molar-refractivity contribution in [3.8, 4) is 0 Å². The van der Waals surface area contributed by atoms with Gasteiger partial charge in [0, 0.05) is 32.7 Å². The minimum Gasteiger partial charge on any atom is -0.386 e. The van der Waals surface area contributed by atoms with Gasteiger partial charge in [-0.25, -0.2) is 4.79 Å². The molecule has 0 aromatic heterocycles. The zero-order valence-corrected chi connectivity index (χ0v) is 13.7. The number of hydrogen-bond acceptors (Lipinski definition) is 3. The molecule has 1 aliphatic heterocycles. The number of fused-ring (bicyclic) bond motifs is 1. The van der Waals surface area contributed by atoms with Crippen LogP contribution < -0.4 is 16.0 Å². The van der Waals surface area contributed by atoms with E-state index in [0.29, 0.717) is 13.1 Å². The highest BCUT2D eigenvalue weighted by atomic mass is 16.2. The van der Waals surface area contributed by atoms with Crippen LogP contribution >= 0.6 is 0 Å². The van der Waals surface area contributed by atoms with Crippen molar-refractivity contribution in [1.29, 1.82) is 0 Å². The zero-order chi connectivity index (χ0) is 17.1. The SMILES string of the molecule is CNc1ccccc1NC(=O)NCc1ccc2c(c1)CN(C)C2=O. The summed E-state index contributed by atoms with van der Waals surface area (Å²) in [7, 11) is 3.59. The van der Waals surface area contributed by atoms with E-state index in [0.717, 1.165) is 28.1 Å². The Morgan fingerprint density at radius 3 is 2.67 bits per heavy atom. The highest BCUT2D eigenvalue weighted by Crippen LogP contribution is 2.23. The molecule has 6 nitrogen and oxygen atoms in total. The molecular weight excluding hydrogens is 304 g/mol. The summed E-state index contributed by atoms with van der Waals surface area (Å²) in [4.78, 5) is 25.6. The second-order valence-corrected chi connectivity index (χ2v) is 5.76. The summed E-state index contributed by atoms with van der Waals surface area (Å²) in [6.07, 6.45) is 0. The summed E-state index contributed by atoms with van der Waals surface area (Å²) in [6, 6.07) is 12.9. The third-order valence-electron chi connectivity index (χ3n) is 4.05. The molecule has 3 rings (SSSR count). The summed E-state index contributed by atoms with van der Waals surface area (Å²) in [5, 5.41) is 8.69. The molecule has 0 aliphatic carbocycles. The predicted molar refractivity (Wildman–Crippen MR) is 94.1 cm³/mol. The molecule has 24 heavy (non-hydrogen) atoms. The molecule has 0 fully saturated rings. The quantitative estimate of drug-likeness (QED) is 0.809. The van der Waals surface area contributed by atoms with E-state index in [4.69, 9.17) is 0 Å². The molecular formula is C18H20N4O2. The van der Waals surface area contributed by atoms with Gasteiger partial charge < -0.3 is 20.9 Å². The number of hydrogen-bond donors (Lipinski definition) is 3. The normalized spacial score (nSPS) is 12.8. The Balaban J connectivity index is 1.61. The van der Waals surface area contributed by atoms with E-state index in [1.165, 1.54) is 0 Å². The van der Waals surface area contributed by atoms with Gasteiger partial charge in [-0.05, 0) is 29.3 Å². The monoisotopic (exact) mass is 324 g/mol. The maximum absolute atomic E-state index is 12.1. The number of nitrogens with zero attached hydrogens (tertiary/aromatic N) is 1. The van der Waals surface area contributed by atoms with Crippen LogP contribution in [0.4, 0.5) is 16.2 Å². The fraction of sp³-hybridized carbons (Fsp3) is 0.222. The highest BCUT2D eigenvalue weighted by molar-refractivity contribution is 5.98. The molecule has 2 aromatic rings. The van der Waals surface area contributed by atoms with E-state index >= 15 is 0 Å². The first-order valence-electron chi connectivity index (χ1n) is 7.77. The maximum Gasteiger partial charge on any atom is 0.319 e. The molecule has 124 valence electrons. The van der Waals surface area contributed by atoms with Crippen LogP contribution in [-0.4, -0.2) is 30.9 Å². The Labute approximate surface area is 140 Å². The van der Waals surface area contributed by atoms with Gasteiger partial charge in [0.05, 0.1) is 11.4 Å². The second-order valence-electron chi connectivity index (χ2n) is 5.76. The lowest BCUT2D eigenvalue weighted by atomic mass is 10.1. The Morgan fingerprint density at radius 2 is 1.92 bits per heavy atom. The van der Waals surface area contributed by atoms with Crippen molar-refractivity contribution in [2.45, 2.75) is 13.1 Å². The minimum absolute atomic E-state index is 0.0472. The van der Waals surface area contributed by atoms with Crippen molar-refractivity contribution >= 4 is 23.3 Å². The molecule has 0 unspecified atom stereocenters. The van der Waals surface area contributed by atoms with E-state index in [9.17, 15) is 9.59 Å². The Morgan fingerprint density at radius 1 is 1.17 bits per heavy atom. The molecule has 3 amide bonds. The molecule has 0 saturated carbocycles. The average Bonchev–Trinajstić information content (AvgIpc) is 2.87. The number of anilines is 2. The van der Waals surface area contributed by atoms with Crippen LogP contribution in [0.15, 0.2) is 42.5 Å². The number of urea groups is 1. The fourth-order valence-electron chi connectivity index (χ4n) is 2.79. The van der Waals surface area contributed by atoms with Crippen molar-refractivity contribution < 1.29 is 9.59 Å². The molecule has 1 heterocycles. The van der Waals surface area contributed by atoms with Gasteiger partial charge in [0.15, 0.2) is 0 Å². The first kappa shape index (κ1) is 15.9. The smallest absolute Gasteiger partial charge is 0.319 e. The number of amides is 3. The van der Waals surface area contributed by atoms with Crippen molar-refractivity contribution in [2.24, 2.45) is 0 Å². The lowest BCUT2D eigenvalue weighted by molar-refractivity contribution is 0.0816.